The lowest BCUT2D eigenvalue weighted by Crippen LogP contribution is -2.41. The second kappa shape index (κ2) is 10.8. The summed E-state index contributed by atoms with van der Waals surface area (Å²) < 4.78 is 22.3. The van der Waals surface area contributed by atoms with Gasteiger partial charge in [0, 0.05) is 0 Å². The molecular weight excluding hydrogens is 356 g/mol. The highest BCUT2D eigenvalue weighted by Crippen LogP contribution is 2.30. The fourth-order valence-electron chi connectivity index (χ4n) is 3.18. The van der Waals surface area contributed by atoms with Gasteiger partial charge < -0.3 is 18.9 Å². The molecule has 1 aromatic carbocycles. The quantitative estimate of drug-likeness (QED) is 0.441. The van der Waals surface area contributed by atoms with E-state index in [0.29, 0.717) is 13.0 Å². The van der Waals surface area contributed by atoms with Gasteiger partial charge in [-0.1, -0.05) is 36.9 Å². The molecule has 5 nitrogen and oxygen atoms in total. The molecule has 0 saturated carbocycles. The van der Waals surface area contributed by atoms with E-state index < -0.39 is 12.1 Å². The Balaban J connectivity index is 1.86. The lowest BCUT2D eigenvalue weighted by Gasteiger charge is -2.35. The summed E-state index contributed by atoms with van der Waals surface area (Å²) in [6.07, 6.45) is 3.20. The zero-order valence-electron chi connectivity index (χ0n) is 16.8. The van der Waals surface area contributed by atoms with Gasteiger partial charge in [-0.15, -0.1) is 6.58 Å². The van der Waals surface area contributed by atoms with Crippen molar-refractivity contribution in [2.45, 2.75) is 51.1 Å². The van der Waals surface area contributed by atoms with Crippen molar-refractivity contribution in [2.75, 3.05) is 13.7 Å². The topological polar surface area (TPSA) is 54.0 Å². The first-order valence-electron chi connectivity index (χ1n) is 9.41. The highest BCUT2D eigenvalue weighted by Gasteiger charge is 2.33. The fraction of sp³-hybridized carbons (Fsp3) is 0.435. The summed E-state index contributed by atoms with van der Waals surface area (Å²) in [5.41, 5.74) is 2.77. The molecule has 1 heterocycles. The number of methoxy groups -OCH3 is 1. The number of carbonyl (C=O) groups is 1. The number of rotatable bonds is 10. The van der Waals surface area contributed by atoms with Crippen LogP contribution in [0.15, 0.2) is 61.2 Å². The van der Waals surface area contributed by atoms with Crippen molar-refractivity contribution in [1.29, 1.82) is 0 Å². The fourth-order valence-corrected chi connectivity index (χ4v) is 3.18. The Kier molecular flexibility index (Phi) is 8.48. The van der Waals surface area contributed by atoms with Crippen LogP contribution in [-0.2, 0) is 25.6 Å². The first-order chi connectivity index (χ1) is 13.4. The van der Waals surface area contributed by atoms with Crippen molar-refractivity contribution in [2.24, 2.45) is 0 Å². The summed E-state index contributed by atoms with van der Waals surface area (Å²) in [4.78, 5) is 12.3. The number of benzene rings is 1. The Labute approximate surface area is 167 Å². The summed E-state index contributed by atoms with van der Waals surface area (Å²) in [6.45, 7) is 13.8. The number of carbonyl (C=O) groups excluding carboxylic acids is 1. The van der Waals surface area contributed by atoms with E-state index in [1.807, 2.05) is 37.3 Å². The van der Waals surface area contributed by atoms with Crippen molar-refractivity contribution in [1.82, 2.24) is 0 Å². The highest BCUT2D eigenvalue weighted by atomic mass is 16.6. The maximum atomic E-state index is 12.3. The van der Waals surface area contributed by atoms with Gasteiger partial charge in [0.2, 0.25) is 0 Å². The Bertz CT molecular complexity index is 691. The first kappa shape index (κ1) is 21.9. The Morgan fingerprint density at radius 2 is 2.04 bits per heavy atom. The van der Waals surface area contributed by atoms with E-state index in [9.17, 15) is 4.79 Å². The van der Waals surface area contributed by atoms with E-state index in [4.69, 9.17) is 18.9 Å². The molecule has 0 unspecified atom stereocenters. The Hall–Kier alpha value is -2.37. The number of hydrogen-bond acceptors (Lipinski definition) is 5. The molecule has 0 bridgehead atoms. The summed E-state index contributed by atoms with van der Waals surface area (Å²) in [5.74, 6) is 0.331. The maximum Gasteiger partial charge on any atom is 0.332 e. The van der Waals surface area contributed by atoms with Crippen LogP contribution < -0.4 is 4.74 Å². The molecule has 1 saturated heterocycles. The minimum Gasteiger partial charge on any atom is -0.497 e. The predicted octanol–water partition coefficient (Wildman–Crippen LogP) is 4.38. The van der Waals surface area contributed by atoms with Crippen molar-refractivity contribution < 1.29 is 23.7 Å². The Morgan fingerprint density at radius 3 is 2.64 bits per heavy atom. The molecule has 0 aromatic heterocycles. The second-order valence-corrected chi connectivity index (χ2v) is 7.08. The van der Waals surface area contributed by atoms with Gasteiger partial charge in [-0.05, 0) is 49.5 Å². The monoisotopic (exact) mass is 386 g/mol. The molecule has 0 aliphatic carbocycles. The van der Waals surface area contributed by atoms with Gasteiger partial charge in [0.1, 0.15) is 24.6 Å². The van der Waals surface area contributed by atoms with Crippen molar-refractivity contribution in [3.8, 4) is 5.75 Å². The Morgan fingerprint density at radius 1 is 1.32 bits per heavy atom. The summed E-state index contributed by atoms with van der Waals surface area (Å²) in [5, 5.41) is 0. The van der Waals surface area contributed by atoms with Gasteiger partial charge in [0.15, 0.2) is 0 Å². The van der Waals surface area contributed by atoms with Gasteiger partial charge in [0.25, 0.3) is 0 Å². The normalized spacial score (nSPS) is 20.3. The third-order valence-electron chi connectivity index (χ3n) is 4.53. The second-order valence-electron chi connectivity index (χ2n) is 7.08. The van der Waals surface area contributed by atoms with Crippen LogP contribution in [0.25, 0.3) is 0 Å². The third-order valence-corrected chi connectivity index (χ3v) is 4.53. The molecule has 1 aliphatic heterocycles. The molecular formula is C23H30O5. The molecule has 1 fully saturated rings. The van der Waals surface area contributed by atoms with E-state index in [1.165, 1.54) is 0 Å². The molecule has 0 spiro atoms. The number of esters is 1. The molecule has 5 heteroatoms. The van der Waals surface area contributed by atoms with E-state index >= 15 is 0 Å². The molecule has 1 aliphatic rings. The summed E-state index contributed by atoms with van der Waals surface area (Å²) in [7, 11) is 1.62. The van der Waals surface area contributed by atoms with E-state index in [1.54, 1.807) is 7.11 Å². The van der Waals surface area contributed by atoms with Gasteiger partial charge in [-0.25, -0.2) is 4.79 Å². The van der Waals surface area contributed by atoms with Crippen molar-refractivity contribution in [3.05, 3.63) is 66.8 Å². The first-order valence-corrected chi connectivity index (χ1v) is 9.41. The number of hydrogen-bond donors (Lipinski definition) is 0. The van der Waals surface area contributed by atoms with E-state index in [2.05, 4.69) is 19.7 Å². The van der Waals surface area contributed by atoms with E-state index in [0.717, 1.165) is 35.3 Å². The molecule has 152 valence electrons. The van der Waals surface area contributed by atoms with Crippen LogP contribution in [0.5, 0.6) is 5.75 Å². The smallest absolute Gasteiger partial charge is 0.332 e. The molecule has 0 N–H and O–H groups in total. The molecule has 0 radical (unpaired) electrons. The van der Waals surface area contributed by atoms with Gasteiger partial charge >= 0.3 is 5.97 Å². The predicted molar refractivity (Wildman–Crippen MR) is 109 cm³/mol. The molecule has 0 amide bonds. The largest absolute Gasteiger partial charge is 0.497 e. The van der Waals surface area contributed by atoms with Crippen LogP contribution in [0.3, 0.4) is 0 Å². The van der Waals surface area contributed by atoms with Crippen molar-refractivity contribution in [3.63, 3.8) is 0 Å². The van der Waals surface area contributed by atoms with Gasteiger partial charge in [0.05, 0.1) is 19.8 Å². The standard InChI is InChI=1S/C23H30O5/c1-6-7-20-12-17(4)13-21(27-20)23(16(2)3)28-22(24)15-26-14-18-8-10-19(25-5)11-9-18/h6,8-11,20-21,23H,1-2,4,7,12-15H2,3,5H3/t20-,21-,23-/m0/s1. The highest BCUT2D eigenvalue weighted by molar-refractivity contribution is 5.71. The van der Waals surface area contributed by atoms with Crippen LogP contribution >= 0.6 is 0 Å². The molecule has 1 aromatic rings. The average molecular weight is 386 g/mol. The van der Waals surface area contributed by atoms with Crippen LogP contribution in [0.2, 0.25) is 0 Å². The van der Waals surface area contributed by atoms with Crippen LogP contribution in [0, 0.1) is 0 Å². The zero-order valence-corrected chi connectivity index (χ0v) is 16.8. The maximum absolute atomic E-state index is 12.3. The summed E-state index contributed by atoms with van der Waals surface area (Å²) >= 11 is 0. The van der Waals surface area contributed by atoms with Gasteiger partial charge in [-0.3, -0.25) is 0 Å². The lowest BCUT2D eigenvalue weighted by molar-refractivity contribution is -0.164. The zero-order chi connectivity index (χ0) is 20.5. The van der Waals surface area contributed by atoms with Crippen LogP contribution in [0.1, 0.15) is 31.7 Å². The van der Waals surface area contributed by atoms with E-state index in [-0.39, 0.29) is 18.8 Å². The SMILES string of the molecule is C=CC[C@H]1CC(=C)C[C@@H]([C@@H](OC(=O)COCc2ccc(OC)cc2)C(=C)C)O1. The molecule has 2 rings (SSSR count). The van der Waals surface area contributed by atoms with Crippen LogP contribution in [0.4, 0.5) is 0 Å². The third kappa shape index (κ3) is 6.66. The van der Waals surface area contributed by atoms with Gasteiger partial charge in [-0.2, -0.15) is 0 Å². The summed E-state index contributed by atoms with van der Waals surface area (Å²) in [6, 6.07) is 7.48. The lowest BCUT2D eigenvalue weighted by atomic mass is 9.93. The minimum atomic E-state index is -0.526. The molecule has 28 heavy (non-hydrogen) atoms. The van der Waals surface area contributed by atoms with Crippen molar-refractivity contribution >= 4 is 5.97 Å². The molecule has 3 atom stereocenters. The minimum absolute atomic E-state index is 0.00984. The van der Waals surface area contributed by atoms with Crippen LogP contribution in [-0.4, -0.2) is 38.0 Å². The average Bonchev–Trinajstić information content (AvgIpc) is 2.66. The number of ether oxygens (including phenoxy) is 4.